The van der Waals surface area contributed by atoms with Gasteiger partial charge in [0.05, 0.1) is 16.4 Å². The summed E-state index contributed by atoms with van der Waals surface area (Å²) in [6.45, 7) is 3.57. The molecule has 1 aromatic carbocycles. The minimum absolute atomic E-state index is 0.0522. The van der Waals surface area contributed by atoms with Gasteiger partial charge in [-0.1, -0.05) is 17.4 Å². The molecule has 0 fully saturated rings. The van der Waals surface area contributed by atoms with Crippen LogP contribution in [-0.2, 0) is 9.53 Å². The highest BCUT2D eigenvalue weighted by molar-refractivity contribution is 7.22. The zero-order chi connectivity index (χ0) is 17.1. The molecule has 0 aliphatic heterocycles. The molecule has 122 valence electrons. The van der Waals surface area contributed by atoms with Crippen molar-refractivity contribution in [3.8, 4) is 0 Å². The summed E-state index contributed by atoms with van der Waals surface area (Å²) in [5.41, 5.74) is 3.10. The number of carbonyl (C=O) groups is 2. The fourth-order valence-corrected chi connectivity index (χ4v) is 3.25. The predicted molar refractivity (Wildman–Crippen MR) is 90.0 cm³/mol. The summed E-state index contributed by atoms with van der Waals surface area (Å²) < 4.78 is 5.90. The van der Waals surface area contributed by atoms with Crippen molar-refractivity contribution < 1.29 is 14.3 Å². The first-order valence-electron chi connectivity index (χ1n) is 7.13. The largest absolute Gasteiger partial charge is 0.451 e. The Balaban J connectivity index is 1.63. The topological polar surface area (TPSA) is 94.1 Å². The Morgan fingerprint density at radius 1 is 1.25 bits per heavy atom. The van der Waals surface area contributed by atoms with Gasteiger partial charge in [0.15, 0.2) is 17.4 Å². The summed E-state index contributed by atoms with van der Waals surface area (Å²) in [6, 6.07) is 4.06. The third-order valence-corrected chi connectivity index (χ3v) is 4.10. The molecule has 7 nitrogen and oxygen atoms in total. The number of nitrogens with zero attached hydrogens (tertiary/aromatic N) is 3. The first-order valence-corrected chi connectivity index (χ1v) is 7.95. The number of hydrogen-bond acceptors (Lipinski definition) is 7. The Bertz CT molecular complexity index is 908. The van der Waals surface area contributed by atoms with Crippen molar-refractivity contribution in [2.24, 2.45) is 0 Å². The molecule has 1 N–H and O–H groups in total. The van der Waals surface area contributed by atoms with Crippen LogP contribution in [0.25, 0.3) is 10.2 Å². The second kappa shape index (κ2) is 6.71. The lowest BCUT2D eigenvalue weighted by molar-refractivity contribution is -0.119. The fourth-order valence-electron chi connectivity index (χ4n) is 2.19. The van der Waals surface area contributed by atoms with Crippen molar-refractivity contribution in [1.29, 1.82) is 0 Å². The highest BCUT2D eigenvalue weighted by Crippen LogP contribution is 2.29. The number of esters is 1. The van der Waals surface area contributed by atoms with Gasteiger partial charge in [-0.3, -0.25) is 15.1 Å². The summed E-state index contributed by atoms with van der Waals surface area (Å²) >= 11 is 1.38. The number of carbonyl (C=O) groups excluding carboxylic acids is 2. The molecular formula is C16H14N4O3S. The number of benzene rings is 1. The van der Waals surface area contributed by atoms with Crippen molar-refractivity contribution in [2.75, 3.05) is 11.9 Å². The van der Waals surface area contributed by atoms with Gasteiger partial charge in [0.25, 0.3) is 5.91 Å². The van der Waals surface area contributed by atoms with Gasteiger partial charge in [-0.15, -0.1) is 0 Å². The summed E-state index contributed by atoms with van der Waals surface area (Å²) in [7, 11) is 0. The molecule has 0 bridgehead atoms. The molecule has 2 aromatic heterocycles. The van der Waals surface area contributed by atoms with Gasteiger partial charge in [0, 0.05) is 12.4 Å². The molecule has 2 heterocycles. The van der Waals surface area contributed by atoms with E-state index in [2.05, 4.69) is 20.3 Å². The van der Waals surface area contributed by atoms with E-state index in [9.17, 15) is 9.59 Å². The van der Waals surface area contributed by atoms with E-state index in [1.54, 1.807) is 0 Å². The maximum absolute atomic E-state index is 11.9. The van der Waals surface area contributed by atoms with Crippen LogP contribution in [0, 0.1) is 13.8 Å². The molecule has 0 saturated carbocycles. The molecular weight excluding hydrogens is 328 g/mol. The van der Waals surface area contributed by atoms with E-state index >= 15 is 0 Å². The van der Waals surface area contributed by atoms with Crippen molar-refractivity contribution in [1.82, 2.24) is 15.0 Å². The zero-order valence-electron chi connectivity index (χ0n) is 13.1. The van der Waals surface area contributed by atoms with Gasteiger partial charge >= 0.3 is 5.97 Å². The normalized spacial score (nSPS) is 10.6. The van der Waals surface area contributed by atoms with Crippen LogP contribution in [-0.4, -0.2) is 33.4 Å². The number of aryl methyl sites for hydroxylation is 2. The SMILES string of the molecule is Cc1cc(C)c2nc(NC(=O)COC(=O)c3cnccn3)sc2c1. The lowest BCUT2D eigenvalue weighted by Gasteiger charge is -2.03. The Kier molecular flexibility index (Phi) is 4.48. The summed E-state index contributed by atoms with van der Waals surface area (Å²) in [6.07, 6.45) is 4.10. The maximum Gasteiger partial charge on any atom is 0.359 e. The van der Waals surface area contributed by atoms with Crippen LogP contribution in [0.3, 0.4) is 0 Å². The van der Waals surface area contributed by atoms with Crippen molar-refractivity contribution in [2.45, 2.75) is 13.8 Å². The number of thiazole rings is 1. The Morgan fingerprint density at radius 2 is 2.08 bits per heavy atom. The molecule has 0 aliphatic rings. The van der Waals surface area contributed by atoms with Gasteiger partial charge in [0.1, 0.15) is 0 Å². The Labute approximate surface area is 141 Å². The van der Waals surface area contributed by atoms with E-state index in [0.717, 1.165) is 21.3 Å². The zero-order valence-corrected chi connectivity index (χ0v) is 13.9. The number of ether oxygens (including phenoxy) is 1. The quantitative estimate of drug-likeness (QED) is 0.732. The smallest absolute Gasteiger partial charge is 0.359 e. The lowest BCUT2D eigenvalue weighted by atomic mass is 10.1. The molecule has 0 unspecified atom stereocenters. The van der Waals surface area contributed by atoms with Crippen LogP contribution in [0.5, 0.6) is 0 Å². The number of fused-ring (bicyclic) bond motifs is 1. The van der Waals surface area contributed by atoms with Gasteiger partial charge in [0.2, 0.25) is 0 Å². The number of anilines is 1. The first-order chi connectivity index (χ1) is 11.5. The van der Waals surface area contributed by atoms with Crippen molar-refractivity contribution in [3.63, 3.8) is 0 Å². The van der Waals surface area contributed by atoms with Gasteiger partial charge < -0.3 is 4.74 Å². The molecule has 3 rings (SSSR count). The summed E-state index contributed by atoms with van der Waals surface area (Å²) in [5, 5.41) is 3.11. The van der Waals surface area contributed by atoms with E-state index < -0.39 is 18.5 Å². The Morgan fingerprint density at radius 3 is 2.83 bits per heavy atom. The minimum atomic E-state index is -0.700. The van der Waals surface area contributed by atoms with Crippen LogP contribution in [0.15, 0.2) is 30.7 Å². The van der Waals surface area contributed by atoms with Gasteiger partial charge in [-0.2, -0.15) is 0 Å². The monoisotopic (exact) mass is 342 g/mol. The van der Waals surface area contributed by atoms with E-state index in [0.29, 0.717) is 5.13 Å². The molecule has 24 heavy (non-hydrogen) atoms. The van der Waals surface area contributed by atoms with E-state index in [-0.39, 0.29) is 5.69 Å². The second-order valence-corrected chi connectivity index (χ2v) is 6.19. The molecule has 3 aromatic rings. The highest BCUT2D eigenvalue weighted by atomic mass is 32.1. The highest BCUT2D eigenvalue weighted by Gasteiger charge is 2.13. The van der Waals surface area contributed by atoms with E-state index in [1.807, 2.05) is 26.0 Å². The third kappa shape index (κ3) is 3.54. The minimum Gasteiger partial charge on any atom is -0.451 e. The number of hydrogen-bond donors (Lipinski definition) is 1. The lowest BCUT2D eigenvalue weighted by Crippen LogP contribution is -2.21. The summed E-state index contributed by atoms with van der Waals surface area (Å²) in [4.78, 5) is 35.6. The fraction of sp³-hybridized carbons (Fsp3) is 0.188. The van der Waals surface area contributed by atoms with Crippen LogP contribution in [0.2, 0.25) is 0 Å². The molecule has 0 spiro atoms. The third-order valence-electron chi connectivity index (χ3n) is 3.18. The van der Waals surface area contributed by atoms with Crippen LogP contribution in [0.4, 0.5) is 5.13 Å². The van der Waals surface area contributed by atoms with E-state index in [4.69, 9.17) is 4.74 Å². The van der Waals surface area contributed by atoms with Crippen LogP contribution >= 0.6 is 11.3 Å². The number of nitrogens with one attached hydrogen (secondary N) is 1. The maximum atomic E-state index is 11.9. The molecule has 8 heteroatoms. The second-order valence-electron chi connectivity index (χ2n) is 5.16. The van der Waals surface area contributed by atoms with Crippen molar-refractivity contribution in [3.05, 3.63) is 47.5 Å². The number of aromatic nitrogens is 3. The molecule has 0 aliphatic carbocycles. The average molecular weight is 342 g/mol. The van der Waals surface area contributed by atoms with Gasteiger partial charge in [-0.05, 0) is 31.0 Å². The number of amides is 1. The molecule has 0 atom stereocenters. The average Bonchev–Trinajstić information content (AvgIpc) is 2.96. The van der Waals surface area contributed by atoms with Crippen molar-refractivity contribution >= 4 is 38.6 Å². The molecule has 0 saturated heterocycles. The molecule has 1 amide bonds. The first kappa shape index (κ1) is 16.0. The van der Waals surface area contributed by atoms with Crippen LogP contribution < -0.4 is 5.32 Å². The predicted octanol–water partition coefficient (Wildman–Crippen LogP) is 2.50. The number of rotatable bonds is 4. The molecule has 0 radical (unpaired) electrons. The van der Waals surface area contributed by atoms with Gasteiger partial charge in [-0.25, -0.2) is 14.8 Å². The van der Waals surface area contributed by atoms with Crippen LogP contribution in [0.1, 0.15) is 21.6 Å². The Hall–Kier alpha value is -2.87. The standard InChI is InChI=1S/C16H14N4O3S/c1-9-5-10(2)14-12(6-9)24-16(20-14)19-13(21)8-23-15(22)11-7-17-3-4-18-11/h3-7H,8H2,1-2H3,(H,19,20,21). The van der Waals surface area contributed by atoms with E-state index in [1.165, 1.54) is 29.9 Å². The summed E-state index contributed by atoms with van der Waals surface area (Å²) in [5.74, 6) is -1.16.